The first kappa shape index (κ1) is 17.3. The van der Waals surface area contributed by atoms with Crippen LogP contribution in [0.1, 0.15) is 34.6 Å². The average molecular weight is 274 g/mol. The highest BCUT2D eigenvalue weighted by atomic mass is 28.4. The molecule has 0 heterocycles. The molecule has 0 spiro atoms. The second-order valence-electron chi connectivity index (χ2n) is 4.88. The van der Waals surface area contributed by atoms with Crippen molar-refractivity contribution in [1.29, 1.82) is 0 Å². The first-order valence-corrected chi connectivity index (χ1v) is 8.96. The number of carbonyl (C=O) groups is 1. The Bertz CT molecular complexity index is 264. The smallest absolute Gasteiger partial charge is 0.338 e. The lowest BCUT2D eigenvalue weighted by Crippen LogP contribution is -2.44. The van der Waals surface area contributed by atoms with Gasteiger partial charge in [-0.15, -0.1) is 0 Å². The molecule has 0 saturated heterocycles. The zero-order valence-corrected chi connectivity index (χ0v) is 13.4. The fourth-order valence-corrected chi connectivity index (χ4v) is 4.42. The Kier molecular flexibility index (Phi) is 8.14. The highest BCUT2D eigenvalue weighted by Gasteiger charge is 2.34. The zero-order chi connectivity index (χ0) is 14.2. The average Bonchev–Trinajstić information content (AvgIpc) is 2.14. The Labute approximate surface area is 112 Å². The van der Waals surface area contributed by atoms with Gasteiger partial charge in [0.15, 0.2) is 0 Å². The standard InChI is InChI=1S/C13H26O4Si/c1-7-8-13(14)15-9-10-18(6,16-11(2)3)17-12(4)5/h7-8,11-12H,9-10H2,1-6H3. The van der Waals surface area contributed by atoms with Crippen molar-refractivity contribution in [3.05, 3.63) is 12.2 Å². The lowest BCUT2D eigenvalue weighted by Gasteiger charge is -2.30. The zero-order valence-electron chi connectivity index (χ0n) is 12.4. The van der Waals surface area contributed by atoms with Crippen LogP contribution in [0.2, 0.25) is 12.6 Å². The van der Waals surface area contributed by atoms with E-state index in [-0.39, 0.29) is 18.2 Å². The van der Waals surface area contributed by atoms with Crippen LogP contribution in [0.25, 0.3) is 0 Å². The summed E-state index contributed by atoms with van der Waals surface area (Å²) in [4.78, 5) is 11.2. The van der Waals surface area contributed by atoms with E-state index < -0.39 is 8.56 Å². The molecule has 0 aromatic heterocycles. The van der Waals surface area contributed by atoms with Gasteiger partial charge in [0.25, 0.3) is 0 Å². The third-order valence-corrected chi connectivity index (χ3v) is 5.13. The summed E-state index contributed by atoms with van der Waals surface area (Å²) in [6.45, 7) is 12.1. The second-order valence-corrected chi connectivity index (χ2v) is 8.12. The van der Waals surface area contributed by atoms with Crippen LogP contribution in [0.4, 0.5) is 0 Å². The van der Waals surface area contributed by atoms with E-state index in [4.69, 9.17) is 13.6 Å². The number of rotatable bonds is 8. The number of allylic oxidation sites excluding steroid dienone is 1. The van der Waals surface area contributed by atoms with Crippen molar-refractivity contribution in [1.82, 2.24) is 0 Å². The van der Waals surface area contributed by atoms with Crippen molar-refractivity contribution in [2.75, 3.05) is 6.61 Å². The molecule has 0 atom stereocenters. The molecule has 0 fully saturated rings. The molecular weight excluding hydrogens is 248 g/mol. The van der Waals surface area contributed by atoms with Gasteiger partial charge in [-0.2, -0.15) is 0 Å². The number of esters is 1. The lowest BCUT2D eigenvalue weighted by atomic mass is 10.5. The summed E-state index contributed by atoms with van der Waals surface area (Å²) in [5, 5.41) is 0. The number of hydrogen-bond acceptors (Lipinski definition) is 4. The Morgan fingerprint density at radius 2 is 1.67 bits per heavy atom. The molecule has 0 aliphatic heterocycles. The summed E-state index contributed by atoms with van der Waals surface area (Å²) >= 11 is 0. The summed E-state index contributed by atoms with van der Waals surface area (Å²) in [5.41, 5.74) is 0. The van der Waals surface area contributed by atoms with E-state index in [9.17, 15) is 4.79 Å². The van der Waals surface area contributed by atoms with Crippen molar-refractivity contribution in [3.63, 3.8) is 0 Å². The molecule has 0 bridgehead atoms. The topological polar surface area (TPSA) is 44.8 Å². The summed E-state index contributed by atoms with van der Waals surface area (Å²) in [5.74, 6) is -0.317. The van der Waals surface area contributed by atoms with Gasteiger partial charge in [-0.1, -0.05) is 6.08 Å². The van der Waals surface area contributed by atoms with Gasteiger partial charge in [-0.25, -0.2) is 4.79 Å². The largest absolute Gasteiger partial charge is 0.463 e. The van der Waals surface area contributed by atoms with Crippen LogP contribution >= 0.6 is 0 Å². The predicted molar refractivity (Wildman–Crippen MR) is 74.6 cm³/mol. The lowest BCUT2D eigenvalue weighted by molar-refractivity contribution is -0.137. The first-order chi connectivity index (χ1) is 8.29. The van der Waals surface area contributed by atoms with Gasteiger partial charge < -0.3 is 13.6 Å². The minimum Gasteiger partial charge on any atom is -0.463 e. The van der Waals surface area contributed by atoms with Crippen molar-refractivity contribution in [2.45, 2.75) is 59.4 Å². The van der Waals surface area contributed by atoms with Gasteiger partial charge in [0.05, 0.1) is 6.61 Å². The fraction of sp³-hybridized carbons (Fsp3) is 0.769. The normalized spacial score (nSPS) is 12.7. The van der Waals surface area contributed by atoms with Crippen LogP contribution in [0.3, 0.4) is 0 Å². The van der Waals surface area contributed by atoms with Crippen LogP contribution in [-0.2, 0) is 18.4 Å². The molecule has 106 valence electrons. The Hall–Kier alpha value is -0.653. The predicted octanol–water partition coefficient (Wildman–Crippen LogP) is 3.03. The summed E-state index contributed by atoms with van der Waals surface area (Å²) in [6, 6.07) is 0.645. The number of ether oxygens (including phenoxy) is 1. The highest BCUT2D eigenvalue weighted by molar-refractivity contribution is 6.66. The van der Waals surface area contributed by atoms with Crippen molar-refractivity contribution in [2.24, 2.45) is 0 Å². The van der Waals surface area contributed by atoms with Crippen LogP contribution < -0.4 is 0 Å². The summed E-state index contributed by atoms with van der Waals surface area (Å²) in [6.07, 6.45) is 3.30. The quantitative estimate of drug-likeness (QED) is 0.388. The Balaban J connectivity index is 4.28. The minimum atomic E-state index is -2.27. The van der Waals surface area contributed by atoms with Gasteiger partial charge in [0, 0.05) is 24.3 Å². The van der Waals surface area contributed by atoms with E-state index in [0.29, 0.717) is 12.7 Å². The molecular formula is C13H26O4Si. The molecule has 5 heteroatoms. The van der Waals surface area contributed by atoms with Crippen molar-refractivity contribution in [3.8, 4) is 0 Å². The minimum absolute atomic E-state index is 0.117. The Morgan fingerprint density at radius 3 is 2.06 bits per heavy atom. The molecule has 0 unspecified atom stereocenters. The molecule has 0 aliphatic rings. The molecule has 4 nitrogen and oxygen atoms in total. The SMILES string of the molecule is CC=CC(=O)OCC[Si](C)(OC(C)C)OC(C)C. The first-order valence-electron chi connectivity index (χ1n) is 6.44. The van der Waals surface area contributed by atoms with Gasteiger partial charge in [-0.05, 0) is 41.2 Å². The maximum absolute atomic E-state index is 11.2. The second kappa shape index (κ2) is 8.45. The van der Waals surface area contributed by atoms with Gasteiger partial charge >= 0.3 is 14.5 Å². The van der Waals surface area contributed by atoms with E-state index in [0.717, 1.165) is 0 Å². The maximum Gasteiger partial charge on any atom is 0.338 e. The molecule has 0 amide bonds. The molecule has 0 aromatic rings. The van der Waals surface area contributed by atoms with Crippen LogP contribution in [0.5, 0.6) is 0 Å². The fourth-order valence-electron chi connectivity index (χ4n) is 1.66. The van der Waals surface area contributed by atoms with E-state index >= 15 is 0 Å². The molecule has 0 radical (unpaired) electrons. The summed E-state index contributed by atoms with van der Waals surface area (Å²) < 4.78 is 16.9. The van der Waals surface area contributed by atoms with E-state index in [1.165, 1.54) is 6.08 Å². The van der Waals surface area contributed by atoms with E-state index in [2.05, 4.69) is 0 Å². The highest BCUT2D eigenvalue weighted by Crippen LogP contribution is 2.18. The van der Waals surface area contributed by atoms with E-state index in [1.54, 1.807) is 13.0 Å². The molecule has 0 aromatic carbocycles. The van der Waals surface area contributed by atoms with Gasteiger partial charge in [-0.3, -0.25) is 0 Å². The van der Waals surface area contributed by atoms with Gasteiger partial charge in [0.2, 0.25) is 0 Å². The van der Waals surface area contributed by atoms with Crippen molar-refractivity contribution >= 4 is 14.5 Å². The van der Waals surface area contributed by atoms with E-state index in [1.807, 2.05) is 34.2 Å². The molecule has 18 heavy (non-hydrogen) atoms. The molecule has 0 saturated carbocycles. The van der Waals surface area contributed by atoms with Crippen molar-refractivity contribution < 1.29 is 18.4 Å². The summed E-state index contributed by atoms with van der Waals surface area (Å²) in [7, 11) is -2.27. The number of carbonyl (C=O) groups excluding carboxylic acids is 1. The Morgan fingerprint density at radius 1 is 1.17 bits per heavy atom. The number of hydrogen-bond donors (Lipinski definition) is 0. The molecule has 0 rings (SSSR count). The molecule has 0 N–H and O–H groups in total. The van der Waals surface area contributed by atoms with Crippen LogP contribution in [-0.4, -0.2) is 33.3 Å². The third-order valence-electron chi connectivity index (χ3n) is 2.07. The third kappa shape index (κ3) is 8.44. The van der Waals surface area contributed by atoms with Crippen LogP contribution in [0.15, 0.2) is 12.2 Å². The monoisotopic (exact) mass is 274 g/mol. The van der Waals surface area contributed by atoms with Crippen LogP contribution in [0, 0.1) is 0 Å². The van der Waals surface area contributed by atoms with Gasteiger partial charge in [0.1, 0.15) is 0 Å². The molecule has 0 aliphatic carbocycles. The maximum atomic E-state index is 11.2.